The number of nitrogens with zero attached hydrogens (tertiary/aromatic N) is 2. The Morgan fingerprint density at radius 2 is 2.25 bits per heavy atom. The van der Waals surface area contributed by atoms with Crippen LogP contribution in [-0.4, -0.2) is 22.2 Å². The minimum atomic E-state index is -0.265. The van der Waals surface area contributed by atoms with Gasteiger partial charge in [-0.25, -0.2) is 0 Å². The van der Waals surface area contributed by atoms with Crippen LogP contribution in [0.2, 0.25) is 0 Å². The predicted octanol–water partition coefficient (Wildman–Crippen LogP) is 2.37. The van der Waals surface area contributed by atoms with Crippen LogP contribution < -0.4 is 5.32 Å². The highest BCUT2D eigenvalue weighted by atomic mass is 79.9. The van der Waals surface area contributed by atoms with Crippen LogP contribution in [0.25, 0.3) is 0 Å². The molecule has 0 aliphatic carbocycles. The van der Waals surface area contributed by atoms with E-state index in [9.17, 15) is 4.79 Å². The number of rotatable bonds is 5. The second-order valence-electron chi connectivity index (χ2n) is 4.29. The molecule has 0 saturated heterocycles. The molecule has 90 valence electrons. The molecule has 1 unspecified atom stereocenters. The summed E-state index contributed by atoms with van der Waals surface area (Å²) in [5.41, 5.74) is 0. The molecule has 16 heavy (non-hydrogen) atoms. The van der Waals surface area contributed by atoms with Crippen LogP contribution >= 0.6 is 15.9 Å². The van der Waals surface area contributed by atoms with Crippen molar-refractivity contribution in [3.05, 3.63) is 16.9 Å². The van der Waals surface area contributed by atoms with Crippen LogP contribution in [0.3, 0.4) is 0 Å². The van der Waals surface area contributed by atoms with E-state index in [1.165, 1.54) is 0 Å². The number of nitrogens with one attached hydrogen (secondary N) is 1. The number of amides is 1. The minimum absolute atomic E-state index is 0.0104. The standard InChI is InChI=1S/C11H18BrN3O/c1-8(2)4-5-13-11(16)9(3)15-7-10(12)6-14-15/h6-9H,4-5H2,1-3H3,(H,13,16). The molecular formula is C11H18BrN3O. The Morgan fingerprint density at radius 1 is 1.56 bits per heavy atom. The second kappa shape index (κ2) is 6.03. The maximum absolute atomic E-state index is 11.7. The molecule has 5 heteroatoms. The molecule has 0 fully saturated rings. The first-order valence-corrected chi connectivity index (χ1v) is 6.27. The van der Waals surface area contributed by atoms with Crippen molar-refractivity contribution in [3.8, 4) is 0 Å². The van der Waals surface area contributed by atoms with Gasteiger partial charge in [0.15, 0.2) is 0 Å². The third-order valence-electron chi connectivity index (χ3n) is 2.37. The highest BCUT2D eigenvalue weighted by Crippen LogP contribution is 2.11. The van der Waals surface area contributed by atoms with Gasteiger partial charge in [0, 0.05) is 12.7 Å². The van der Waals surface area contributed by atoms with E-state index >= 15 is 0 Å². The molecule has 0 aliphatic heterocycles. The first kappa shape index (κ1) is 13.2. The average molecular weight is 288 g/mol. The molecule has 0 saturated carbocycles. The number of carbonyl (C=O) groups is 1. The molecule has 1 aromatic heterocycles. The van der Waals surface area contributed by atoms with Crippen molar-refractivity contribution < 1.29 is 4.79 Å². The summed E-state index contributed by atoms with van der Waals surface area (Å²) in [6.07, 6.45) is 4.48. The van der Waals surface area contributed by atoms with Crippen molar-refractivity contribution in [2.75, 3.05) is 6.54 Å². The summed E-state index contributed by atoms with van der Waals surface area (Å²) in [6, 6.07) is -0.265. The van der Waals surface area contributed by atoms with E-state index in [1.54, 1.807) is 17.1 Å². The van der Waals surface area contributed by atoms with Gasteiger partial charge in [-0.3, -0.25) is 9.48 Å². The topological polar surface area (TPSA) is 46.9 Å². The predicted molar refractivity (Wildman–Crippen MR) is 67.1 cm³/mol. The smallest absolute Gasteiger partial charge is 0.244 e. The molecule has 1 rings (SSSR count). The molecule has 1 atom stereocenters. The molecule has 1 heterocycles. The minimum Gasteiger partial charge on any atom is -0.354 e. The van der Waals surface area contributed by atoms with Crippen LogP contribution in [0.4, 0.5) is 0 Å². The van der Waals surface area contributed by atoms with E-state index in [0.29, 0.717) is 5.92 Å². The molecule has 0 aromatic carbocycles. The van der Waals surface area contributed by atoms with Crippen molar-refractivity contribution in [2.24, 2.45) is 5.92 Å². The van der Waals surface area contributed by atoms with Crippen molar-refractivity contribution >= 4 is 21.8 Å². The summed E-state index contributed by atoms with van der Waals surface area (Å²) >= 11 is 3.31. The largest absolute Gasteiger partial charge is 0.354 e. The number of halogens is 1. The van der Waals surface area contributed by atoms with Gasteiger partial charge < -0.3 is 5.32 Å². The fourth-order valence-corrected chi connectivity index (χ4v) is 1.58. The second-order valence-corrected chi connectivity index (χ2v) is 5.20. The molecule has 0 aliphatic rings. The van der Waals surface area contributed by atoms with Crippen molar-refractivity contribution in [3.63, 3.8) is 0 Å². The van der Waals surface area contributed by atoms with E-state index in [-0.39, 0.29) is 11.9 Å². The summed E-state index contributed by atoms with van der Waals surface area (Å²) < 4.78 is 2.53. The SMILES string of the molecule is CC(C)CCNC(=O)C(C)n1cc(Br)cn1. The lowest BCUT2D eigenvalue weighted by Crippen LogP contribution is -2.32. The zero-order chi connectivity index (χ0) is 12.1. The fourth-order valence-electron chi connectivity index (χ4n) is 1.28. The number of carbonyl (C=O) groups excluding carboxylic acids is 1. The molecule has 1 aromatic rings. The monoisotopic (exact) mass is 287 g/mol. The van der Waals surface area contributed by atoms with Crippen LogP contribution in [0.15, 0.2) is 16.9 Å². The number of aromatic nitrogens is 2. The van der Waals surface area contributed by atoms with Gasteiger partial charge in [-0.2, -0.15) is 5.10 Å². The Bertz CT molecular complexity index is 349. The normalized spacial score (nSPS) is 12.8. The van der Waals surface area contributed by atoms with Gasteiger partial charge in [0.25, 0.3) is 0 Å². The molecule has 4 nitrogen and oxygen atoms in total. The van der Waals surface area contributed by atoms with E-state index < -0.39 is 0 Å². The maximum Gasteiger partial charge on any atom is 0.244 e. The van der Waals surface area contributed by atoms with E-state index in [1.807, 2.05) is 6.92 Å². The van der Waals surface area contributed by atoms with Crippen molar-refractivity contribution in [1.29, 1.82) is 0 Å². The first-order valence-electron chi connectivity index (χ1n) is 5.48. The number of hydrogen-bond donors (Lipinski definition) is 1. The molecule has 0 spiro atoms. The van der Waals surface area contributed by atoms with Crippen LogP contribution in [-0.2, 0) is 4.79 Å². The van der Waals surface area contributed by atoms with Gasteiger partial charge in [0.1, 0.15) is 6.04 Å². The zero-order valence-corrected chi connectivity index (χ0v) is 11.5. The van der Waals surface area contributed by atoms with Crippen molar-refractivity contribution in [2.45, 2.75) is 33.2 Å². The lowest BCUT2D eigenvalue weighted by molar-refractivity contribution is -0.124. The van der Waals surface area contributed by atoms with Crippen LogP contribution in [0.1, 0.15) is 33.2 Å². The lowest BCUT2D eigenvalue weighted by atomic mass is 10.1. The van der Waals surface area contributed by atoms with Crippen molar-refractivity contribution in [1.82, 2.24) is 15.1 Å². The molecule has 0 radical (unpaired) electrons. The van der Waals surface area contributed by atoms with Gasteiger partial charge in [-0.05, 0) is 35.2 Å². The molecule has 0 bridgehead atoms. The van der Waals surface area contributed by atoms with E-state index in [2.05, 4.69) is 40.2 Å². The summed E-state index contributed by atoms with van der Waals surface area (Å²) in [4.78, 5) is 11.7. The fraction of sp³-hybridized carbons (Fsp3) is 0.636. The van der Waals surface area contributed by atoms with Gasteiger partial charge in [-0.15, -0.1) is 0 Å². The number of hydrogen-bond acceptors (Lipinski definition) is 2. The summed E-state index contributed by atoms with van der Waals surface area (Å²) in [5.74, 6) is 0.616. The lowest BCUT2D eigenvalue weighted by Gasteiger charge is -2.13. The van der Waals surface area contributed by atoms with E-state index in [4.69, 9.17) is 0 Å². The van der Waals surface area contributed by atoms with Gasteiger partial charge in [0.05, 0.1) is 10.7 Å². The van der Waals surface area contributed by atoms with Crippen LogP contribution in [0.5, 0.6) is 0 Å². The van der Waals surface area contributed by atoms with E-state index in [0.717, 1.165) is 17.4 Å². The highest BCUT2D eigenvalue weighted by Gasteiger charge is 2.14. The zero-order valence-electron chi connectivity index (χ0n) is 9.90. The van der Waals surface area contributed by atoms with Gasteiger partial charge in [0.2, 0.25) is 5.91 Å². The average Bonchev–Trinajstić information content (AvgIpc) is 2.63. The van der Waals surface area contributed by atoms with Gasteiger partial charge >= 0.3 is 0 Å². The van der Waals surface area contributed by atoms with Gasteiger partial charge in [-0.1, -0.05) is 13.8 Å². The Kier molecular flexibility index (Phi) is 4.99. The molecular weight excluding hydrogens is 270 g/mol. The summed E-state index contributed by atoms with van der Waals surface area (Å²) in [6.45, 7) is 6.84. The van der Waals surface area contributed by atoms with Crippen LogP contribution in [0, 0.1) is 5.92 Å². The Balaban J connectivity index is 2.42. The quantitative estimate of drug-likeness (QED) is 0.904. The molecule has 1 N–H and O–H groups in total. The Labute approximate surface area is 105 Å². The summed E-state index contributed by atoms with van der Waals surface area (Å²) in [7, 11) is 0. The maximum atomic E-state index is 11.7. The molecule has 1 amide bonds. The summed E-state index contributed by atoms with van der Waals surface area (Å²) in [5, 5.41) is 7.00. The first-order chi connectivity index (χ1) is 7.50. The Morgan fingerprint density at radius 3 is 2.75 bits per heavy atom. The third kappa shape index (κ3) is 3.96. The third-order valence-corrected chi connectivity index (χ3v) is 2.78. The highest BCUT2D eigenvalue weighted by molar-refractivity contribution is 9.10. The Hall–Kier alpha value is -0.840.